The van der Waals surface area contributed by atoms with Gasteiger partial charge < -0.3 is 10.4 Å². The van der Waals surface area contributed by atoms with Crippen LogP contribution in [0.3, 0.4) is 0 Å². The second-order valence-electron chi connectivity index (χ2n) is 10.7. The zero-order valence-electron chi connectivity index (χ0n) is 22.8. The summed E-state index contributed by atoms with van der Waals surface area (Å²) < 4.78 is 0. The summed E-state index contributed by atoms with van der Waals surface area (Å²) in [6, 6.07) is 31.2. The van der Waals surface area contributed by atoms with E-state index in [0.29, 0.717) is 33.5 Å². The number of halogens is 1. The lowest BCUT2D eigenvalue weighted by Gasteiger charge is -2.22. The minimum absolute atomic E-state index is 0.0877. The fourth-order valence-corrected chi connectivity index (χ4v) is 5.94. The van der Waals surface area contributed by atoms with Crippen LogP contribution in [0.25, 0.3) is 22.0 Å². The first-order valence-corrected chi connectivity index (χ1v) is 14.5. The van der Waals surface area contributed by atoms with Crippen LogP contribution in [0, 0.1) is 0 Å². The monoisotopic (exact) mass is 561 g/mol. The van der Waals surface area contributed by atoms with Crippen molar-refractivity contribution in [2.45, 2.75) is 31.8 Å². The molecule has 2 N–H and O–H groups in total. The highest BCUT2D eigenvalue weighted by molar-refractivity contribution is 6.35. The quantitative estimate of drug-likeness (QED) is 0.205. The van der Waals surface area contributed by atoms with Gasteiger partial charge in [-0.1, -0.05) is 78.3 Å². The Morgan fingerprint density at radius 1 is 0.902 bits per heavy atom. The molecule has 1 atom stereocenters. The molecule has 1 fully saturated rings. The number of nitrogens with one attached hydrogen (secondary N) is 1. The molecule has 4 aromatic carbocycles. The fraction of sp³-hybridized carbons (Fsp3) is 0.200. The number of carbonyl (C=O) groups is 1. The van der Waals surface area contributed by atoms with Gasteiger partial charge in [0, 0.05) is 35.7 Å². The van der Waals surface area contributed by atoms with E-state index in [0.717, 1.165) is 36.3 Å². The second-order valence-corrected chi connectivity index (χ2v) is 11.1. The van der Waals surface area contributed by atoms with Crippen LogP contribution in [-0.2, 0) is 13.0 Å². The molecule has 41 heavy (non-hydrogen) atoms. The number of nitrogens with zero attached hydrogens (tertiary/aromatic N) is 2. The summed E-state index contributed by atoms with van der Waals surface area (Å²) in [4.78, 5) is 20.4. The number of benzene rings is 4. The summed E-state index contributed by atoms with van der Waals surface area (Å²) in [7, 11) is 0. The largest absolute Gasteiger partial charge is 0.505 e. The van der Waals surface area contributed by atoms with Gasteiger partial charge in [0.2, 0.25) is 0 Å². The van der Waals surface area contributed by atoms with Gasteiger partial charge in [-0.25, -0.2) is 0 Å². The smallest absolute Gasteiger partial charge is 0.251 e. The van der Waals surface area contributed by atoms with Crippen LogP contribution in [0.5, 0.6) is 5.75 Å². The Balaban J connectivity index is 1.31. The first kappa shape index (κ1) is 27.0. The van der Waals surface area contributed by atoms with Gasteiger partial charge in [0.05, 0.1) is 11.1 Å². The molecule has 5 aromatic rings. The Hall–Kier alpha value is -4.19. The van der Waals surface area contributed by atoms with Crippen LogP contribution in [-0.4, -0.2) is 34.0 Å². The lowest BCUT2D eigenvalue weighted by atomic mass is 9.95. The Bertz CT molecular complexity index is 1670. The molecule has 0 spiro atoms. The van der Waals surface area contributed by atoms with Gasteiger partial charge in [-0.15, -0.1) is 0 Å². The normalized spacial score (nSPS) is 14.3. The zero-order chi connectivity index (χ0) is 28.2. The third-order valence-electron chi connectivity index (χ3n) is 7.84. The van der Waals surface area contributed by atoms with Crippen molar-refractivity contribution in [2.24, 2.45) is 0 Å². The summed E-state index contributed by atoms with van der Waals surface area (Å²) in [5.41, 5.74) is 6.01. The van der Waals surface area contributed by atoms with E-state index in [4.69, 9.17) is 11.6 Å². The maximum Gasteiger partial charge on any atom is 0.251 e. The molecule has 0 bridgehead atoms. The molecule has 1 aromatic heterocycles. The van der Waals surface area contributed by atoms with Crippen LogP contribution in [0.1, 0.15) is 45.9 Å². The van der Waals surface area contributed by atoms with E-state index in [1.807, 2.05) is 60.7 Å². The first-order chi connectivity index (χ1) is 20.0. The van der Waals surface area contributed by atoms with Crippen LogP contribution < -0.4 is 5.32 Å². The molecular weight excluding hydrogens is 530 g/mol. The fourth-order valence-electron chi connectivity index (χ4n) is 5.66. The Morgan fingerprint density at radius 3 is 2.44 bits per heavy atom. The van der Waals surface area contributed by atoms with E-state index in [2.05, 4.69) is 39.5 Å². The molecule has 0 saturated carbocycles. The molecule has 2 heterocycles. The third-order valence-corrected chi connectivity index (χ3v) is 8.15. The maximum atomic E-state index is 13.6. The summed E-state index contributed by atoms with van der Waals surface area (Å²) in [5, 5.41) is 15.6. The molecule has 1 unspecified atom stereocenters. The topological polar surface area (TPSA) is 65.5 Å². The van der Waals surface area contributed by atoms with E-state index >= 15 is 0 Å². The predicted octanol–water partition coefficient (Wildman–Crippen LogP) is 7.57. The number of phenols is 1. The first-order valence-electron chi connectivity index (χ1n) is 14.1. The summed E-state index contributed by atoms with van der Waals surface area (Å²) >= 11 is 6.61. The molecule has 206 valence electrons. The summed E-state index contributed by atoms with van der Waals surface area (Å²) in [6.45, 7) is 3.10. The van der Waals surface area contributed by atoms with Crippen molar-refractivity contribution >= 4 is 28.4 Å². The number of aromatic nitrogens is 1. The highest BCUT2D eigenvalue weighted by Crippen LogP contribution is 2.35. The molecule has 6 rings (SSSR count). The molecule has 1 aliphatic heterocycles. The number of aromatic hydroxyl groups is 1. The Labute approximate surface area is 245 Å². The van der Waals surface area contributed by atoms with Gasteiger partial charge >= 0.3 is 0 Å². The van der Waals surface area contributed by atoms with Crippen molar-refractivity contribution in [2.75, 3.05) is 13.1 Å². The van der Waals surface area contributed by atoms with Crippen LogP contribution in [0.15, 0.2) is 103 Å². The lowest BCUT2D eigenvalue weighted by molar-refractivity contribution is 0.0936. The molecule has 6 heteroatoms. The highest BCUT2D eigenvalue weighted by atomic mass is 35.5. The summed E-state index contributed by atoms with van der Waals surface area (Å²) in [5.74, 6) is -0.0891. The van der Waals surface area contributed by atoms with Gasteiger partial charge in [-0.3, -0.25) is 14.7 Å². The van der Waals surface area contributed by atoms with Crippen molar-refractivity contribution in [1.29, 1.82) is 0 Å². The van der Waals surface area contributed by atoms with Gasteiger partial charge in [-0.2, -0.15) is 0 Å². The van der Waals surface area contributed by atoms with Gasteiger partial charge in [0.1, 0.15) is 11.3 Å². The number of hydrogen-bond acceptors (Lipinski definition) is 4. The van der Waals surface area contributed by atoms with Crippen molar-refractivity contribution in [3.8, 4) is 16.9 Å². The molecule has 1 amide bonds. The number of fused-ring (bicyclic) bond motifs is 1. The highest BCUT2D eigenvalue weighted by Gasteiger charge is 2.21. The molecule has 5 nitrogen and oxygen atoms in total. The zero-order valence-corrected chi connectivity index (χ0v) is 23.5. The van der Waals surface area contributed by atoms with Crippen LogP contribution >= 0.6 is 11.6 Å². The van der Waals surface area contributed by atoms with Gasteiger partial charge in [0.15, 0.2) is 0 Å². The van der Waals surface area contributed by atoms with E-state index in [1.54, 1.807) is 18.3 Å². The number of phenolic OH excluding ortho intramolecular Hbond substituents is 1. The van der Waals surface area contributed by atoms with Gasteiger partial charge in [-0.05, 0) is 78.5 Å². The van der Waals surface area contributed by atoms with Crippen molar-refractivity contribution in [3.05, 3.63) is 131 Å². The lowest BCUT2D eigenvalue weighted by Crippen LogP contribution is -2.30. The number of carbonyl (C=O) groups excluding carboxylic acids is 1. The molecular formula is C35H32ClN3O2. The molecule has 1 saturated heterocycles. The minimum Gasteiger partial charge on any atom is -0.505 e. The summed E-state index contributed by atoms with van der Waals surface area (Å²) in [6.07, 6.45) is 4.47. The Kier molecular flexibility index (Phi) is 7.99. The van der Waals surface area contributed by atoms with E-state index < -0.39 is 6.04 Å². The second kappa shape index (κ2) is 12.1. The predicted molar refractivity (Wildman–Crippen MR) is 165 cm³/mol. The van der Waals surface area contributed by atoms with Crippen molar-refractivity contribution in [3.63, 3.8) is 0 Å². The van der Waals surface area contributed by atoms with Crippen molar-refractivity contribution < 1.29 is 9.90 Å². The standard InChI is InChI=1S/C35H32ClN3O2/c36-31-21-29(34(40)33-30(31)12-7-17-37-33)22-32(28-11-6-8-24(20-28)23-39-18-4-5-19-39)38-35(41)27-15-13-26(14-16-27)25-9-2-1-3-10-25/h1-3,6-17,20-21,32,40H,4-5,18-19,22-23H2,(H,38,41). The maximum absolute atomic E-state index is 13.6. The number of likely N-dealkylation sites (tertiary alicyclic amines) is 1. The van der Waals surface area contributed by atoms with E-state index in [-0.39, 0.29) is 11.7 Å². The number of pyridine rings is 1. The van der Waals surface area contributed by atoms with E-state index in [1.165, 1.54) is 18.4 Å². The number of hydrogen-bond donors (Lipinski definition) is 2. The SMILES string of the molecule is O=C(NC(Cc1cc(Cl)c2cccnc2c1O)c1cccc(CN2CCCC2)c1)c1ccc(-c2ccccc2)cc1. The number of rotatable bonds is 8. The van der Waals surface area contributed by atoms with Crippen LogP contribution in [0.2, 0.25) is 5.02 Å². The average molecular weight is 562 g/mol. The molecule has 1 aliphatic rings. The molecule has 0 aliphatic carbocycles. The third kappa shape index (κ3) is 6.12. The van der Waals surface area contributed by atoms with Crippen molar-refractivity contribution in [1.82, 2.24) is 15.2 Å². The molecule has 0 radical (unpaired) electrons. The minimum atomic E-state index is -0.391. The van der Waals surface area contributed by atoms with Crippen LogP contribution in [0.4, 0.5) is 0 Å². The Morgan fingerprint density at radius 2 is 1.66 bits per heavy atom. The average Bonchev–Trinajstić information content (AvgIpc) is 3.53. The van der Waals surface area contributed by atoms with Gasteiger partial charge in [0.25, 0.3) is 5.91 Å². The van der Waals surface area contributed by atoms with E-state index in [9.17, 15) is 9.90 Å². The number of amides is 1.